The normalized spacial score (nSPS) is 12.5. The van der Waals surface area contributed by atoms with E-state index in [0.29, 0.717) is 0 Å². The molecule has 0 unspecified atom stereocenters. The van der Waals surface area contributed by atoms with Crippen LogP contribution in [0.5, 0.6) is 0 Å². The van der Waals surface area contributed by atoms with Crippen LogP contribution in [0.25, 0.3) is 0 Å². The van der Waals surface area contributed by atoms with Gasteiger partial charge < -0.3 is 11.1 Å². The molecule has 0 heterocycles. The lowest BCUT2D eigenvalue weighted by Crippen LogP contribution is -2.45. The second kappa shape index (κ2) is 7.38. The summed E-state index contributed by atoms with van der Waals surface area (Å²) in [6.07, 6.45) is -4.28. The van der Waals surface area contributed by atoms with E-state index in [9.17, 15) is 22.8 Å². The van der Waals surface area contributed by atoms with Crippen molar-refractivity contribution in [2.75, 3.05) is 0 Å². The first kappa shape index (κ1) is 18.5. The smallest absolute Gasteiger partial charge is 0.368 e. The average molecular weight is 350 g/mol. The Morgan fingerprint density at radius 1 is 1.04 bits per heavy atom. The third-order valence-electron chi connectivity index (χ3n) is 3.68. The van der Waals surface area contributed by atoms with Gasteiger partial charge in [0.25, 0.3) is 5.91 Å². The number of hydrogen-bond acceptors (Lipinski definition) is 2. The van der Waals surface area contributed by atoms with Gasteiger partial charge in [-0.2, -0.15) is 13.2 Å². The van der Waals surface area contributed by atoms with Gasteiger partial charge in [-0.15, -0.1) is 0 Å². The molecule has 2 rings (SSSR count). The number of rotatable bonds is 5. The third-order valence-corrected chi connectivity index (χ3v) is 3.68. The van der Waals surface area contributed by atoms with Crippen LogP contribution in [-0.4, -0.2) is 17.9 Å². The summed E-state index contributed by atoms with van der Waals surface area (Å²) in [6, 6.07) is 10.1. The largest absolute Gasteiger partial charge is 0.416 e. The summed E-state index contributed by atoms with van der Waals surface area (Å²) in [4.78, 5) is 23.7. The minimum absolute atomic E-state index is 0.0168. The SMILES string of the molecule is Cc1ccc(C[C@H](NC(=O)c2ccc(C(F)(F)F)cc2)C(N)=O)cc1. The van der Waals surface area contributed by atoms with Crippen LogP contribution in [0.1, 0.15) is 27.0 Å². The summed E-state index contributed by atoms with van der Waals surface area (Å²) in [6.45, 7) is 1.92. The van der Waals surface area contributed by atoms with E-state index in [4.69, 9.17) is 5.73 Å². The van der Waals surface area contributed by atoms with Gasteiger partial charge in [0.05, 0.1) is 5.56 Å². The minimum atomic E-state index is -4.48. The first-order chi connectivity index (χ1) is 11.7. The molecule has 7 heteroatoms. The highest BCUT2D eigenvalue weighted by atomic mass is 19.4. The van der Waals surface area contributed by atoms with Crippen LogP contribution in [0, 0.1) is 6.92 Å². The first-order valence-corrected chi connectivity index (χ1v) is 7.50. The molecule has 25 heavy (non-hydrogen) atoms. The number of alkyl halides is 3. The lowest BCUT2D eigenvalue weighted by Gasteiger charge is -2.16. The van der Waals surface area contributed by atoms with Crippen molar-refractivity contribution in [2.45, 2.75) is 25.6 Å². The Labute approximate surface area is 142 Å². The van der Waals surface area contributed by atoms with Gasteiger partial charge in [-0.1, -0.05) is 29.8 Å². The van der Waals surface area contributed by atoms with Crippen LogP contribution in [0.2, 0.25) is 0 Å². The van der Waals surface area contributed by atoms with E-state index in [1.165, 1.54) is 0 Å². The number of aryl methyl sites for hydroxylation is 1. The minimum Gasteiger partial charge on any atom is -0.368 e. The van der Waals surface area contributed by atoms with Crippen LogP contribution in [0.15, 0.2) is 48.5 Å². The molecule has 0 bridgehead atoms. The van der Waals surface area contributed by atoms with E-state index in [1.807, 2.05) is 31.2 Å². The van der Waals surface area contributed by atoms with Gasteiger partial charge in [-0.25, -0.2) is 0 Å². The Kier molecular flexibility index (Phi) is 5.46. The van der Waals surface area contributed by atoms with Crippen LogP contribution in [0.3, 0.4) is 0 Å². The fraction of sp³-hybridized carbons (Fsp3) is 0.222. The van der Waals surface area contributed by atoms with Crippen LogP contribution in [0.4, 0.5) is 13.2 Å². The Hall–Kier alpha value is -2.83. The molecule has 3 N–H and O–H groups in total. The molecule has 0 saturated heterocycles. The lowest BCUT2D eigenvalue weighted by molar-refractivity contribution is -0.137. The maximum Gasteiger partial charge on any atom is 0.416 e. The number of amides is 2. The van der Waals surface area contributed by atoms with E-state index in [1.54, 1.807) is 0 Å². The van der Waals surface area contributed by atoms with Crippen molar-refractivity contribution < 1.29 is 22.8 Å². The highest BCUT2D eigenvalue weighted by Crippen LogP contribution is 2.29. The van der Waals surface area contributed by atoms with E-state index in [2.05, 4.69) is 5.32 Å². The molecule has 0 fully saturated rings. The molecule has 1 atom stereocenters. The zero-order valence-corrected chi connectivity index (χ0v) is 13.4. The molecule has 2 aromatic rings. The number of hydrogen-bond donors (Lipinski definition) is 2. The highest BCUT2D eigenvalue weighted by molar-refractivity contribution is 5.97. The number of carbonyl (C=O) groups excluding carboxylic acids is 2. The number of primary amides is 1. The number of benzene rings is 2. The molecular formula is C18H17F3N2O2. The van der Waals surface area contributed by atoms with E-state index < -0.39 is 29.6 Å². The van der Waals surface area contributed by atoms with E-state index in [-0.39, 0.29) is 12.0 Å². The van der Waals surface area contributed by atoms with Crippen molar-refractivity contribution in [3.05, 3.63) is 70.8 Å². The molecular weight excluding hydrogens is 333 g/mol. The summed E-state index contributed by atoms with van der Waals surface area (Å²) >= 11 is 0. The molecule has 0 aliphatic heterocycles. The average Bonchev–Trinajstić information content (AvgIpc) is 2.55. The number of nitrogens with two attached hydrogens (primary N) is 1. The van der Waals surface area contributed by atoms with Crippen LogP contribution in [-0.2, 0) is 17.4 Å². The fourth-order valence-electron chi connectivity index (χ4n) is 2.23. The standard InChI is InChI=1S/C18H17F3N2O2/c1-11-2-4-12(5-3-11)10-15(16(22)24)23-17(25)13-6-8-14(9-7-13)18(19,20)21/h2-9,15H,10H2,1H3,(H2,22,24)(H,23,25)/t15-/m0/s1. The zero-order valence-electron chi connectivity index (χ0n) is 13.4. The van der Waals surface area contributed by atoms with Gasteiger partial charge in [0.1, 0.15) is 6.04 Å². The first-order valence-electron chi connectivity index (χ1n) is 7.50. The fourth-order valence-corrected chi connectivity index (χ4v) is 2.23. The summed E-state index contributed by atoms with van der Waals surface area (Å²) < 4.78 is 37.6. The van der Waals surface area contributed by atoms with Crippen molar-refractivity contribution in [3.63, 3.8) is 0 Å². The summed E-state index contributed by atoms with van der Waals surface area (Å²) in [5, 5.41) is 2.46. The highest BCUT2D eigenvalue weighted by Gasteiger charge is 2.30. The van der Waals surface area contributed by atoms with Gasteiger partial charge in [-0.3, -0.25) is 9.59 Å². The molecule has 2 aromatic carbocycles. The third kappa shape index (κ3) is 5.07. The number of halogens is 3. The predicted octanol–water partition coefficient (Wildman–Crippen LogP) is 2.84. The zero-order chi connectivity index (χ0) is 18.6. The van der Waals surface area contributed by atoms with Gasteiger partial charge in [-0.05, 0) is 36.8 Å². The Morgan fingerprint density at radius 3 is 2.08 bits per heavy atom. The van der Waals surface area contributed by atoms with Crippen molar-refractivity contribution >= 4 is 11.8 Å². The molecule has 0 aliphatic carbocycles. The molecule has 0 aliphatic rings. The lowest BCUT2D eigenvalue weighted by atomic mass is 10.0. The van der Waals surface area contributed by atoms with Crippen LogP contribution < -0.4 is 11.1 Å². The van der Waals surface area contributed by atoms with Gasteiger partial charge in [0, 0.05) is 12.0 Å². The van der Waals surface area contributed by atoms with Crippen molar-refractivity contribution in [1.29, 1.82) is 0 Å². The van der Waals surface area contributed by atoms with E-state index >= 15 is 0 Å². The Bertz CT molecular complexity index is 753. The Morgan fingerprint density at radius 2 is 1.60 bits per heavy atom. The maximum absolute atomic E-state index is 12.5. The summed E-state index contributed by atoms with van der Waals surface area (Å²) in [5.41, 5.74) is 6.34. The quantitative estimate of drug-likeness (QED) is 0.870. The number of nitrogens with one attached hydrogen (secondary N) is 1. The predicted molar refractivity (Wildman–Crippen MR) is 86.8 cm³/mol. The molecule has 0 spiro atoms. The van der Waals surface area contributed by atoms with Gasteiger partial charge in [0.15, 0.2) is 0 Å². The number of carbonyl (C=O) groups is 2. The second-order valence-corrected chi connectivity index (χ2v) is 5.69. The maximum atomic E-state index is 12.5. The van der Waals surface area contributed by atoms with Crippen LogP contribution >= 0.6 is 0 Å². The van der Waals surface area contributed by atoms with Crippen molar-refractivity contribution in [3.8, 4) is 0 Å². The molecule has 0 aromatic heterocycles. The molecule has 132 valence electrons. The van der Waals surface area contributed by atoms with Crippen molar-refractivity contribution in [1.82, 2.24) is 5.32 Å². The molecule has 2 amide bonds. The van der Waals surface area contributed by atoms with Crippen molar-refractivity contribution in [2.24, 2.45) is 5.73 Å². The second-order valence-electron chi connectivity index (χ2n) is 5.69. The topological polar surface area (TPSA) is 72.2 Å². The van der Waals surface area contributed by atoms with Gasteiger partial charge in [0.2, 0.25) is 5.91 Å². The van der Waals surface area contributed by atoms with Gasteiger partial charge >= 0.3 is 6.18 Å². The molecule has 0 saturated carbocycles. The molecule has 0 radical (unpaired) electrons. The molecule has 4 nitrogen and oxygen atoms in total. The monoisotopic (exact) mass is 350 g/mol. The summed E-state index contributed by atoms with van der Waals surface area (Å²) in [5.74, 6) is -1.38. The Balaban J connectivity index is 2.09. The summed E-state index contributed by atoms with van der Waals surface area (Å²) in [7, 11) is 0. The van der Waals surface area contributed by atoms with E-state index in [0.717, 1.165) is 35.4 Å².